The van der Waals surface area contributed by atoms with E-state index in [1.54, 1.807) is 18.2 Å². The topological polar surface area (TPSA) is 50.2 Å². The highest BCUT2D eigenvalue weighted by molar-refractivity contribution is 6.42. The molecule has 1 N–H and O–H groups in total. The number of pyridine rings is 1. The maximum absolute atomic E-state index is 11.1. The number of carboxylic acid groups (broad SMARTS) is 1. The summed E-state index contributed by atoms with van der Waals surface area (Å²) in [5.41, 5.74) is 1.36. The number of halogens is 2. The third-order valence-corrected chi connectivity index (χ3v) is 3.02. The van der Waals surface area contributed by atoms with Crippen LogP contribution in [0, 0.1) is 0 Å². The molecule has 3 nitrogen and oxygen atoms in total. The summed E-state index contributed by atoms with van der Waals surface area (Å²) in [7, 11) is 0. The summed E-state index contributed by atoms with van der Waals surface area (Å²) < 4.78 is 0. The first-order valence-corrected chi connectivity index (χ1v) is 5.48. The highest BCUT2D eigenvalue weighted by atomic mass is 35.5. The number of benzene rings is 1. The lowest BCUT2D eigenvalue weighted by atomic mass is 10.0. The fourth-order valence-electron chi connectivity index (χ4n) is 1.47. The van der Waals surface area contributed by atoms with Crippen molar-refractivity contribution in [3.05, 3.63) is 52.3 Å². The van der Waals surface area contributed by atoms with Gasteiger partial charge in [0.15, 0.2) is 0 Å². The molecule has 0 fully saturated rings. The highest BCUT2D eigenvalue weighted by Gasteiger charge is 2.12. The Morgan fingerprint density at radius 1 is 1.18 bits per heavy atom. The normalized spacial score (nSPS) is 10.2. The van der Waals surface area contributed by atoms with Crippen LogP contribution in [-0.2, 0) is 0 Å². The quantitative estimate of drug-likeness (QED) is 0.902. The first-order chi connectivity index (χ1) is 8.09. The lowest BCUT2D eigenvalue weighted by molar-refractivity contribution is 0.0697. The third-order valence-electron chi connectivity index (χ3n) is 2.28. The number of hydrogen-bond acceptors (Lipinski definition) is 2. The zero-order valence-electron chi connectivity index (χ0n) is 8.52. The summed E-state index contributed by atoms with van der Waals surface area (Å²) >= 11 is 11.7. The first kappa shape index (κ1) is 11.9. The summed E-state index contributed by atoms with van der Waals surface area (Å²) in [6, 6.07) is 6.39. The smallest absolute Gasteiger partial charge is 0.336 e. The van der Waals surface area contributed by atoms with Gasteiger partial charge < -0.3 is 5.11 Å². The minimum absolute atomic E-state index is 0.179. The van der Waals surface area contributed by atoms with E-state index in [1.807, 2.05) is 0 Å². The van der Waals surface area contributed by atoms with Gasteiger partial charge in [-0.1, -0.05) is 29.3 Å². The Balaban J connectivity index is 2.60. The van der Waals surface area contributed by atoms with Gasteiger partial charge in [0.25, 0.3) is 0 Å². The monoisotopic (exact) mass is 267 g/mol. The van der Waals surface area contributed by atoms with Gasteiger partial charge in [-0.25, -0.2) is 4.79 Å². The predicted molar refractivity (Wildman–Crippen MR) is 66.7 cm³/mol. The molecule has 1 aromatic carbocycles. The van der Waals surface area contributed by atoms with Crippen molar-refractivity contribution in [2.45, 2.75) is 0 Å². The first-order valence-electron chi connectivity index (χ1n) is 4.72. The zero-order valence-corrected chi connectivity index (χ0v) is 10.0. The van der Waals surface area contributed by atoms with Gasteiger partial charge >= 0.3 is 5.97 Å². The average molecular weight is 268 g/mol. The number of nitrogens with zero attached hydrogens (tertiary/aromatic N) is 1. The molecule has 0 aliphatic heterocycles. The fourth-order valence-corrected chi connectivity index (χ4v) is 1.77. The van der Waals surface area contributed by atoms with E-state index in [2.05, 4.69) is 4.98 Å². The van der Waals surface area contributed by atoms with E-state index in [4.69, 9.17) is 28.3 Å². The zero-order chi connectivity index (χ0) is 12.4. The molecule has 1 aromatic heterocycles. The molecule has 0 spiro atoms. The van der Waals surface area contributed by atoms with E-state index in [9.17, 15) is 4.79 Å². The van der Waals surface area contributed by atoms with E-state index >= 15 is 0 Å². The number of aromatic nitrogens is 1. The van der Waals surface area contributed by atoms with Crippen molar-refractivity contribution in [2.24, 2.45) is 0 Å². The van der Waals surface area contributed by atoms with Crippen LogP contribution >= 0.6 is 23.2 Å². The molecule has 0 aliphatic rings. The Bertz CT molecular complexity index is 584. The summed E-state index contributed by atoms with van der Waals surface area (Å²) in [6.45, 7) is 0. The van der Waals surface area contributed by atoms with Crippen molar-refractivity contribution in [2.75, 3.05) is 0 Å². The van der Waals surface area contributed by atoms with E-state index in [1.165, 1.54) is 18.5 Å². The standard InChI is InChI=1S/C12H7Cl2NO2/c13-10-2-1-7(5-11(10)14)9-6-15-4-3-8(9)12(16)17/h1-6H,(H,16,17). The van der Waals surface area contributed by atoms with Crippen LogP contribution in [0.3, 0.4) is 0 Å². The second-order valence-corrected chi connectivity index (χ2v) is 4.17. The van der Waals surface area contributed by atoms with Gasteiger partial charge in [-0.3, -0.25) is 4.98 Å². The number of aromatic carboxylic acids is 1. The van der Waals surface area contributed by atoms with Crippen molar-refractivity contribution < 1.29 is 9.90 Å². The molecule has 0 unspecified atom stereocenters. The van der Waals surface area contributed by atoms with E-state index in [0.29, 0.717) is 21.2 Å². The van der Waals surface area contributed by atoms with Gasteiger partial charge in [0.1, 0.15) is 0 Å². The molecule has 86 valence electrons. The second kappa shape index (κ2) is 4.73. The molecule has 0 bridgehead atoms. The molecule has 2 rings (SSSR count). The summed E-state index contributed by atoms with van der Waals surface area (Å²) in [5, 5.41) is 9.87. The van der Waals surface area contributed by atoms with Crippen molar-refractivity contribution >= 4 is 29.2 Å². The predicted octanol–water partition coefficient (Wildman–Crippen LogP) is 3.75. The number of carboxylic acids is 1. The lowest BCUT2D eigenvalue weighted by Crippen LogP contribution is -1.99. The molecule has 5 heteroatoms. The fraction of sp³-hybridized carbons (Fsp3) is 0. The molecule has 0 radical (unpaired) electrons. The minimum Gasteiger partial charge on any atom is -0.478 e. The van der Waals surface area contributed by atoms with Crippen LogP contribution in [0.1, 0.15) is 10.4 Å². The van der Waals surface area contributed by atoms with E-state index in [-0.39, 0.29) is 5.56 Å². The van der Waals surface area contributed by atoms with E-state index < -0.39 is 5.97 Å². The molecule has 0 saturated carbocycles. The van der Waals surface area contributed by atoms with Crippen LogP contribution in [0.25, 0.3) is 11.1 Å². The summed E-state index contributed by atoms with van der Waals surface area (Å²) in [5.74, 6) is -1.01. The number of carbonyl (C=O) groups is 1. The number of hydrogen-bond donors (Lipinski definition) is 1. The minimum atomic E-state index is -1.01. The summed E-state index contributed by atoms with van der Waals surface area (Å²) in [4.78, 5) is 15.0. The molecule has 2 aromatic rings. The second-order valence-electron chi connectivity index (χ2n) is 3.36. The Morgan fingerprint density at radius 3 is 2.59 bits per heavy atom. The maximum Gasteiger partial charge on any atom is 0.336 e. The van der Waals surface area contributed by atoms with Crippen molar-refractivity contribution in [3.8, 4) is 11.1 Å². The van der Waals surface area contributed by atoms with Crippen LogP contribution in [0.4, 0.5) is 0 Å². The SMILES string of the molecule is O=C(O)c1ccncc1-c1ccc(Cl)c(Cl)c1. The van der Waals surface area contributed by atoms with E-state index in [0.717, 1.165) is 0 Å². The average Bonchev–Trinajstić information content (AvgIpc) is 2.32. The van der Waals surface area contributed by atoms with Gasteiger partial charge in [0.05, 0.1) is 15.6 Å². The third kappa shape index (κ3) is 2.40. The van der Waals surface area contributed by atoms with Crippen molar-refractivity contribution in [1.29, 1.82) is 0 Å². The van der Waals surface area contributed by atoms with Gasteiger partial charge in [0.2, 0.25) is 0 Å². The Morgan fingerprint density at radius 2 is 1.94 bits per heavy atom. The molecule has 0 saturated heterocycles. The Labute approximate surface area is 108 Å². The lowest BCUT2D eigenvalue weighted by Gasteiger charge is -2.06. The van der Waals surface area contributed by atoms with Crippen LogP contribution in [0.5, 0.6) is 0 Å². The maximum atomic E-state index is 11.1. The highest BCUT2D eigenvalue weighted by Crippen LogP contribution is 2.29. The Hall–Kier alpha value is -1.58. The van der Waals surface area contributed by atoms with Crippen molar-refractivity contribution in [3.63, 3.8) is 0 Å². The molecule has 17 heavy (non-hydrogen) atoms. The van der Waals surface area contributed by atoms with Gasteiger partial charge in [0, 0.05) is 18.0 Å². The van der Waals surface area contributed by atoms with Gasteiger partial charge in [-0.05, 0) is 23.8 Å². The Kier molecular flexibility index (Phi) is 3.31. The van der Waals surface area contributed by atoms with Crippen LogP contribution < -0.4 is 0 Å². The molecule has 0 atom stereocenters. The molecular weight excluding hydrogens is 261 g/mol. The largest absolute Gasteiger partial charge is 0.478 e. The molecule has 0 amide bonds. The molecule has 0 aliphatic carbocycles. The van der Waals surface area contributed by atoms with Crippen molar-refractivity contribution in [1.82, 2.24) is 4.98 Å². The summed E-state index contributed by atoms with van der Waals surface area (Å²) in [6.07, 6.45) is 2.92. The van der Waals surface area contributed by atoms with Crippen LogP contribution in [0.2, 0.25) is 10.0 Å². The molecular formula is C12H7Cl2NO2. The van der Waals surface area contributed by atoms with Crippen LogP contribution in [-0.4, -0.2) is 16.1 Å². The van der Waals surface area contributed by atoms with Crippen LogP contribution in [0.15, 0.2) is 36.7 Å². The molecule has 1 heterocycles. The van der Waals surface area contributed by atoms with Gasteiger partial charge in [-0.15, -0.1) is 0 Å². The number of rotatable bonds is 2. The van der Waals surface area contributed by atoms with Gasteiger partial charge in [-0.2, -0.15) is 0 Å².